The van der Waals surface area contributed by atoms with Crippen molar-refractivity contribution >= 4 is 11.6 Å². The Bertz CT molecular complexity index is 419. The predicted molar refractivity (Wildman–Crippen MR) is 52.5 cm³/mol. The van der Waals surface area contributed by atoms with Crippen LogP contribution >= 0.6 is 11.6 Å². The van der Waals surface area contributed by atoms with E-state index in [1.54, 1.807) is 15.6 Å². The van der Waals surface area contributed by atoms with Crippen molar-refractivity contribution in [3.05, 3.63) is 24.3 Å². The van der Waals surface area contributed by atoms with Gasteiger partial charge in [-0.1, -0.05) is 5.21 Å². The Hall–Kier alpha value is -1.36. The minimum atomic E-state index is 0.561. The Labute approximate surface area is 86.3 Å². The van der Waals surface area contributed by atoms with Crippen molar-refractivity contribution in [1.29, 1.82) is 0 Å². The molecule has 2 aromatic heterocycles. The second kappa shape index (κ2) is 3.79. The standard InChI is InChI=1S/C8H10ClN5/c1-13-6-8(4-10-13)14-5-7(2-3-9)11-12-14/h4-6H,2-3H2,1H3. The van der Waals surface area contributed by atoms with E-state index in [1.165, 1.54) is 0 Å². The molecular formula is C8H10ClN5. The van der Waals surface area contributed by atoms with Crippen molar-refractivity contribution in [2.45, 2.75) is 6.42 Å². The Kier molecular flexibility index (Phi) is 2.49. The summed E-state index contributed by atoms with van der Waals surface area (Å²) in [4.78, 5) is 0. The molecule has 0 saturated carbocycles. The third-order valence-corrected chi connectivity index (χ3v) is 2.04. The average Bonchev–Trinajstić information content (AvgIpc) is 2.74. The van der Waals surface area contributed by atoms with Crippen LogP contribution in [0.5, 0.6) is 0 Å². The molecule has 5 nitrogen and oxygen atoms in total. The van der Waals surface area contributed by atoms with Gasteiger partial charge >= 0.3 is 0 Å². The first-order valence-corrected chi connectivity index (χ1v) is 4.79. The highest BCUT2D eigenvalue weighted by Gasteiger charge is 2.03. The first-order chi connectivity index (χ1) is 6.79. The fourth-order valence-corrected chi connectivity index (χ4v) is 1.36. The van der Waals surface area contributed by atoms with Crippen molar-refractivity contribution in [1.82, 2.24) is 24.8 Å². The smallest absolute Gasteiger partial charge is 0.104 e. The molecule has 0 fully saturated rings. The van der Waals surface area contributed by atoms with Gasteiger partial charge in [-0.25, -0.2) is 4.68 Å². The van der Waals surface area contributed by atoms with Crippen molar-refractivity contribution in [2.75, 3.05) is 5.88 Å². The fraction of sp³-hybridized carbons (Fsp3) is 0.375. The highest BCUT2D eigenvalue weighted by Crippen LogP contribution is 2.05. The maximum absolute atomic E-state index is 5.60. The average molecular weight is 212 g/mol. The van der Waals surface area contributed by atoms with Crippen molar-refractivity contribution in [3.8, 4) is 5.69 Å². The summed E-state index contributed by atoms with van der Waals surface area (Å²) < 4.78 is 3.41. The topological polar surface area (TPSA) is 48.5 Å². The molecule has 2 aromatic rings. The van der Waals surface area contributed by atoms with E-state index in [9.17, 15) is 0 Å². The van der Waals surface area contributed by atoms with Crippen LogP contribution in [0.15, 0.2) is 18.6 Å². The van der Waals surface area contributed by atoms with Gasteiger partial charge < -0.3 is 0 Å². The summed E-state index contributed by atoms with van der Waals surface area (Å²) in [6.07, 6.45) is 6.21. The maximum atomic E-state index is 5.60. The zero-order valence-electron chi connectivity index (χ0n) is 7.76. The van der Waals surface area contributed by atoms with Crippen LogP contribution in [-0.2, 0) is 13.5 Å². The molecule has 0 amide bonds. The molecule has 0 atom stereocenters. The molecule has 0 N–H and O–H groups in total. The van der Waals surface area contributed by atoms with Crippen LogP contribution in [0.1, 0.15) is 5.69 Å². The zero-order chi connectivity index (χ0) is 9.97. The van der Waals surface area contributed by atoms with Crippen molar-refractivity contribution < 1.29 is 0 Å². The quantitative estimate of drug-likeness (QED) is 0.705. The van der Waals surface area contributed by atoms with E-state index in [0.717, 1.165) is 17.8 Å². The number of halogens is 1. The van der Waals surface area contributed by atoms with Gasteiger partial charge in [-0.05, 0) is 0 Å². The Morgan fingerprint density at radius 1 is 1.43 bits per heavy atom. The summed E-state index contributed by atoms with van der Waals surface area (Å²) >= 11 is 5.60. The van der Waals surface area contributed by atoms with E-state index in [-0.39, 0.29) is 0 Å². The molecule has 0 unspecified atom stereocenters. The van der Waals surface area contributed by atoms with Crippen LogP contribution in [0.4, 0.5) is 0 Å². The molecule has 0 radical (unpaired) electrons. The monoisotopic (exact) mass is 211 g/mol. The molecule has 0 saturated heterocycles. The summed E-state index contributed by atoms with van der Waals surface area (Å²) in [7, 11) is 1.86. The molecule has 0 aliphatic carbocycles. The molecule has 74 valence electrons. The molecule has 14 heavy (non-hydrogen) atoms. The van der Waals surface area contributed by atoms with Crippen molar-refractivity contribution in [2.24, 2.45) is 7.05 Å². The zero-order valence-corrected chi connectivity index (χ0v) is 8.52. The lowest BCUT2D eigenvalue weighted by atomic mass is 10.4. The molecule has 6 heteroatoms. The summed E-state index contributed by atoms with van der Waals surface area (Å²) in [5.41, 5.74) is 1.80. The van der Waals surface area contributed by atoms with Gasteiger partial charge in [-0.15, -0.1) is 16.7 Å². The lowest BCUT2D eigenvalue weighted by Gasteiger charge is -1.91. The van der Waals surface area contributed by atoms with Crippen LogP contribution in [0.2, 0.25) is 0 Å². The van der Waals surface area contributed by atoms with Gasteiger partial charge in [0.15, 0.2) is 0 Å². The van der Waals surface area contributed by atoms with E-state index >= 15 is 0 Å². The molecule has 0 aliphatic heterocycles. The number of hydrogen-bond donors (Lipinski definition) is 0. The lowest BCUT2D eigenvalue weighted by molar-refractivity contribution is 0.763. The highest BCUT2D eigenvalue weighted by molar-refractivity contribution is 6.17. The number of alkyl halides is 1. The number of rotatable bonds is 3. The van der Waals surface area contributed by atoms with Crippen LogP contribution < -0.4 is 0 Å². The number of aromatic nitrogens is 5. The summed E-state index contributed by atoms with van der Waals surface area (Å²) in [6, 6.07) is 0. The molecule has 2 heterocycles. The maximum Gasteiger partial charge on any atom is 0.104 e. The summed E-state index contributed by atoms with van der Waals surface area (Å²) in [6.45, 7) is 0. The number of aryl methyl sites for hydroxylation is 2. The lowest BCUT2D eigenvalue weighted by Crippen LogP contribution is -1.92. The van der Waals surface area contributed by atoms with Gasteiger partial charge in [0.25, 0.3) is 0 Å². The highest BCUT2D eigenvalue weighted by atomic mass is 35.5. The molecule has 0 aliphatic rings. The fourth-order valence-electron chi connectivity index (χ4n) is 1.16. The van der Waals surface area contributed by atoms with Crippen LogP contribution in [0, 0.1) is 0 Å². The van der Waals surface area contributed by atoms with E-state index in [4.69, 9.17) is 11.6 Å². The van der Waals surface area contributed by atoms with Gasteiger partial charge in [0, 0.05) is 19.3 Å². The Balaban J connectivity index is 2.24. The normalized spacial score (nSPS) is 10.7. The van der Waals surface area contributed by atoms with Crippen molar-refractivity contribution in [3.63, 3.8) is 0 Å². The second-order valence-electron chi connectivity index (χ2n) is 2.97. The number of nitrogens with zero attached hydrogens (tertiary/aromatic N) is 5. The van der Waals surface area contributed by atoms with Gasteiger partial charge in [0.1, 0.15) is 5.69 Å². The van der Waals surface area contributed by atoms with E-state index in [0.29, 0.717) is 5.88 Å². The van der Waals surface area contributed by atoms with Gasteiger partial charge in [-0.2, -0.15) is 5.10 Å². The summed E-state index contributed by atoms with van der Waals surface area (Å²) in [5.74, 6) is 0.561. The van der Waals surface area contributed by atoms with E-state index < -0.39 is 0 Å². The second-order valence-corrected chi connectivity index (χ2v) is 3.34. The molecule has 2 rings (SSSR count). The first-order valence-electron chi connectivity index (χ1n) is 4.26. The third kappa shape index (κ3) is 1.77. The van der Waals surface area contributed by atoms with Gasteiger partial charge in [-0.3, -0.25) is 4.68 Å². The van der Waals surface area contributed by atoms with Crippen LogP contribution in [-0.4, -0.2) is 30.7 Å². The van der Waals surface area contributed by atoms with Gasteiger partial charge in [0.05, 0.1) is 24.3 Å². The molecular weight excluding hydrogens is 202 g/mol. The molecule has 0 spiro atoms. The number of hydrogen-bond acceptors (Lipinski definition) is 3. The minimum absolute atomic E-state index is 0.561. The largest absolute Gasteiger partial charge is 0.274 e. The Morgan fingerprint density at radius 3 is 2.93 bits per heavy atom. The van der Waals surface area contributed by atoms with Gasteiger partial charge in [0.2, 0.25) is 0 Å². The van der Waals surface area contributed by atoms with E-state index in [2.05, 4.69) is 15.4 Å². The summed E-state index contributed by atoms with van der Waals surface area (Å²) in [5, 5.41) is 12.0. The van der Waals surface area contributed by atoms with Crippen LogP contribution in [0.3, 0.4) is 0 Å². The minimum Gasteiger partial charge on any atom is -0.274 e. The first kappa shape index (κ1) is 9.21. The Morgan fingerprint density at radius 2 is 2.29 bits per heavy atom. The van der Waals surface area contributed by atoms with Crippen LogP contribution in [0.25, 0.3) is 5.69 Å². The predicted octanol–water partition coefficient (Wildman–Crippen LogP) is 0.782. The molecule has 0 bridgehead atoms. The third-order valence-electron chi connectivity index (χ3n) is 1.85. The SMILES string of the molecule is Cn1cc(-n2cc(CCCl)nn2)cn1. The van der Waals surface area contributed by atoms with E-state index in [1.807, 2.05) is 19.4 Å². The molecule has 0 aromatic carbocycles.